The quantitative estimate of drug-likeness (QED) is 0.698. The van der Waals surface area contributed by atoms with Crippen molar-refractivity contribution < 1.29 is 4.79 Å². The van der Waals surface area contributed by atoms with Crippen molar-refractivity contribution in [2.75, 3.05) is 18.4 Å². The molecule has 162 valence electrons. The van der Waals surface area contributed by atoms with E-state index in [0.29, 0.717) is 6.42 Å². The van der Waals surface area contributed by atoms with Gasteiger partial charge < -0.3 is 11.1 Å². The number of halogens is 2. The molecule has 1 aromatic heterocycles. The van der Waals surface area contributed by atoms with Crippen LogP contribution in [0.5, 0.6) is 0 Å². The van der Waals surface area contributed by atoms with Gasteiger partial charge in [0, 0.05) is 36.7 Å². The van der Waals surface area contributed by atoms with Crippen molar-refractivity contribution in [3.05, 3.63) is 45.4 Å². The van der Waals surface area contributed by atoms with E-state index in [1.54, 1.807) is 11.3 Å². The van der Waals surface area contributed by atoms with E-state index in [4.69, 9.17) is 5.73 Å². The maximum atomic E-state index is 12.4. The topological polar surface area (TPSA) is 71.2 Å². The Morgan fingerprint density at radius 3 is 2.76 bits per heavy atom. The van der Waals surface area contributed by atoms with Gasteiger partial charge in [-0.1, -0.05) is 26.0 Å². The van der Waals surface area contributed by atoms with Crippen molar-refractivity contribution in [1.82, 2.24) is 9.88 Å². The number of carbonyl (C=O) groups is 1. The highest BCUT2D eigenvalue weighted by Crippen LogP contribution is 2.28. The Kier molecular flexibility index (Phi) is 9.57. The van der Waals surface area contributed by atoms with Gasteiger partial charge in [0.1, 0.15) is 5.01 Å². The number of aromatic nitrogens is 1. The monoisotopic (exact) mass is 458 g/mol. The van der Waals surface area contributed by atoms with Crippen molar-refractivity contribution in [2.45, 2.75) is 53.1 Å². The maximum absolute atomic E-state index is 12.4. The number of thiazole rings is 1. The van der Waals surface area contributed by atoms with Gasteiger partial charge in [-0.2, -0.15) is 0 Å². The normalized spacial score (nSPS) is 18.4. The van der Waals surface area contributed by atoms with Gasteiger partial charge in [0.15, 0.2) is 0 Å². The van der Waals surface area contributed by atoms with Gasteiger partial charge in [-0.25, -0.2) is 4.98 Å². The molecular formula is C21H32Cl2N4OS. The number of nitrogens with zero attached hydrogens (tertiary/aromatic N) is 2. The Morgan fingerprint density at radius 2 is 2.07 bits per heavy atom. The summed E-state index contributed by atoms with van der Waals surface area (Å²) in [4.78, 5) is 19.5. The van der Waals surface area contributed by atoms with E-state index in [1.807, 2.05) is 32.0 Å². The zero-order chi connectivity index (χ0) is 19.6. The second-order valence-corrected chi connectivity index (χ2v) is 9.31. The number of benzene rings is 1. The molecule has 2 aromatic rings. The molecule has 29 heavy (non-hydrogen) atoms. The Labute approximate surface area is 190 Å². The Morgan fingerprint density at radius 1 is 1.34 bits per heavy atom. The van der Waals surface area contributed by atoms with Crippen molar-refractivity contribution in [1.29, 1.82) is 0 Å². The third-order valence-corrected chi connectivity index (χ3v) is 6.25. The first-order valence-electron chi connectivity index (χ1n) is 9.51. The van der Waals surface area contributed by atoms with Crippen LogP contribution in [0.4, 0.5) is 5.69 Å². The maximum Gasteiger partial charge on any atom is 0.231 e. The van der Waals surface area contributed by atoms with Crippen LogP contribution >= 0.6 is 36.2 Å². The average molecular weight is 459 g/mol. The molecule has 1 atom stereocenters. The van der Waals surface area contributed by atoms with Crippen LogP contribution in [0.1, 0.15) is 42.1 Å². The van der Waals surface area contributed by atoms with Crippen LogP contribution in [0, 0.1) is 19.3 Å². The van der Waals surface area contributed by atoms with Crippen molar-refractivity contribution in [3.63, 3.8) is 0 Å². The summed E-state index contributed by atoms with van der Waals surface area (Å²) < 4.78 is 0. The number of rotatable bonds is 5. The summed E-state index contributed by atoms with van der Waals surface area (Å²) >= 11 is 1.56. The average Bonchev–Trinajstić information content (AvgIpc) is 3.01. The summed E-state index contributed by atoms with van der Waals surface area (Å²) in [5.74, 6) is -0.0188. The second kappa shape index (κ2) is 10.7. The smallest absolute Gasteiger partial charge is 0.231 e. The minimum absolute atomic E-state index is 0. The van der Waals surface area contributed by atoms with E-state index in [9.17, 15) is 4.79 Å². The molecule has 1 aliphatic rings. The number of likely N-dealkylation sites (tertiary alicyclic amines) is 1. The summed E-state index contributed by atoms with van der Waals surface area (Å²) in [6.07, 6.45) is 1.33. The minimum Gasteiger partial charge on any atom is -0.327 e. The van der Waals surface area contributed by atoms with Crippen LogP contribution in [0.2, 0.25) is 0 Å². The number of hydrogen-bond acceptors (Lipinski definition) is 5. The van der Waals surface area contributed by atoms with Crippen molar-refractivity contribution in [2.24, 2.45) is 11.1 Å². The van der Waals surface area contributed by atoms with Gasteiger partial charge in [0.25, 0.3) is 0 Å². The Bertz CT molecular complexity index is 825. The highest BCUT2D eigenvalue weighted by atomic mass is 35.5. The summed E-state index contributed by atoms with van der Waals surface area (Å²) in [6.45, 7) is 11.3. The number of carbonyl (C=O) groups excluding carboxylic acids is 1. The molecule has 0 aliphatic carbocycles. The SMILES string of the molecule is Cc1ccc(C)c(NC(=O)Cc2nc(CN3CCC(N)C(C)(C)C3)cs2)c1.Cl.Cl. The number of amides is 1. The third-order valence-electron chi connectivity index (χ3n) is 5.36. The second-order valence-electron chi connectivity index (χ2n) is 8.37. The van der Waals surface area contributed by atoms with E-state index < -0.39 is 0 Å². The third kappa shape index (κ3) is 6.93. The number of aryl methyl sites for hydroxylation is 2. The molecule has 5 nitrogen and oxygen atoms in total. The first-order chi connectivity index (χ1) is 12.7. The zero-order valence-electron chi connectivity index (χ0n) is 17.5. The molecule has 0 saturated carbocycles. The molecule has 1 saturated heterocycles. The van der Waals surface area contributed by atoms with E-state index >= 15 is 0 Å². The van der Waals surface area contributed by atoms with E-state index in [-0.39, 0.29) is 42.2 Å². The minimum atomic E-state index is -0.0188. The molecule has 3 N–H and O–H groups in total. The van der Waals surface area contributed by atoms with Gasteiger partial charge in [-0.3, -0.25) is 9.69 Å². The lowest BCUT2D eigenvalue weighted by Gasteiger charge is -2.42. The highest BCUT2D eigenvalue weighted by molar-refractivity contribution is 7.09. The van der Waals surface area contributed by atoms with Crippen molar-refractivity contribution >= 4 is 47.7 Å². The first-order valence-corrected chi connectivity index (χ1v) is 10.4. The summed E-state index contributed by atoms with van der Waals surface area (Å²) in [7, 11) is 0. The molecule has 1 fully saturated rings. The fraction of sp³-hybridized carbons (Fsp3) is 0.524. The number of hydrogen-bond donors (Lipinski definition) is 2. The highest BCUT2D eigenvalue weighted by Gasteiger charge is 2.33. The number of piperidine rings is 1. The molecule has 1 unspecified atom stereocenters. The van der Waals surface area contributed by atoms with Crippen molar-refractivity contribution in [3.8, 4) is 0 Å². The van der Waals surface area contributed by atoms with E-state index in [1.165, 1.54) is 0 Å². The van der Waals surface area contributed by atoms with Crippen LogP contribution < -0.4 is 11.1 Å². The van der Waals surface area contributed by atoms with Crippen LogP contribution in [-0.4, -0.2) is 34.9 Å². The first kappa shape index (κ1) is 25.9. The van der Waals surface area contributed by atoms with Gasteiger partial charge >= 0.3 is 0 Å². The summed E-state index contributed by atoms with van der Waals surface area (Å²) in [6, 6.07) is 6.34. The largest absolute Gasteiger partial charge is 0.327 e. The molecule has 2 heterocycles. The molecule has 1 amide bonds. The molecule has 3 rings (SSSR count). The van der Waals surface area contributed by atoms with Gasteiger partial charge in [-0.05, 0) is 42.9 Å². The zero-order valence-corrected chi connectivity index (χ0v) is 20.0. The molecule has 1 aliphatic heterocycles. The molecule has 0 bridgehead atoms. The van der Waals surface area contributed by atoms with Crippen LogP contribution in [0.25, 0.3) is 0 Å². The fourth-order valence-corrected chi connectivity index (χ4v) is 4.34. The lowest BCUT2D eigenvalue weighted by Crippen LogP contribution is -2.52. The summed E-state index contributed by atoms with van der Waals surface area (Å²) in [5, 5.41) is 5.94. The molecule has 0 radical (unpaired) electrons. The fourth-order valence-electron chi connectivity index (χ4n) is 3.55. The lowest BCUT2D eigenvalue weighted by molar-refractivity contribution is -0.115. The molecule has 1 aromatic carbocycles. The standard InChI is InChI=1S/C21H30N4OS.2ClH/c1-14-5-6-15(2)17(9-14)24-19(26)10-20-23-16(12-27-20)11-25-8-7-18(22)21(3,4)13-25;;/h5-6,9,12,18H,7-8,10-11,13,22H2,1-4H3,(H,24,26);2*1H. The number of nitrogens with two attached hydrogens (primary N) is 1. The number of nitrogens with one attached hydrogen (secondary N) is 1. The van der Waals surface area contributed by atoms with Gasteiger partial charge in [-0.15, -0.1) is 36.2 Å². The molecule has 8 heteroatoms. The van der Waals surface area contributed by atoms with Crippen LogP contribution in [-0.2, 0) is 17.8 Å². The van der Waals surface area contributed by atoms with E-state index in [2.05, 4.69) is 34.4 Å². The predicted molar refractivity (Wildman–Crippen MR) is 127 cm³/mol. The van der Waals surface area contributed by atoms with Gasteiger partial charge in [0.05, 0.1) is 12.1 Å². The molecular weight excluding hydrogens is 427 g/mol. The van der Waals surface area contributed by atoms with Crippen LogP contribution in [0.15, 0.2) is 23.6 Å². The van der Waals surface area contributed by atoms with Gasteiger partial charge in [0.2, 0.25) is 5.91 Å². The Balaban J connectivity index is 0.00000210. The summed E-state index contributed by atoms with van der Waals surface area (Å²) in [5.41, 5.74) is 10.5. The lowest BCUT2D eigenvalue weighted by atomic mass is 9.80. The van der Waals surface area contributed by atoms with E-state index in [0.717, 1.165) is 53.6 Å². The Hall–Kier alpha value is -1.18. The predicted octanol–water partition coefficient (Wildman–Crippen LogP) is 4.34. The molecule has 0 spiro atoms. The number of anilines is 1. The van der Waals surface area contributed by atoms with Crippen LogP contribution in [0.3, 0.4) is 0 Å².